The number of hydrogen-bond acceptors (Lipinski definition) is 4. The lowest BCUT2D eigenvalue weighted by molar-refractivity contribution is -0.253. The molecule has 4 nitrogen and oxygen atoms in total. The molecule has 0 radical (unpaired) electrons. The molecular formula is C15H21ClF4N2O2. The van der Waals surface area contributed by atoms with Gasteiger partial charge in [-0.1, -0.05) is 18.2 Å². The molecule has 0 aliphatic carbocycles. The molecule has 2 N–H and O–H groups in total. The highest BCUT2D eigenvalue weighted by atomic mass is 35.5. The van der Waals surface area contributed by atoms with E-state index in [1.54, 1.807) is 12.1 Å². The second kappa shape index (κ2) is 9.41. The Bertz CT molecular complexity index is 502. The van der Waals surface area contributed by atoms with E-state index in [2.05, 4.69) is 10.1 Å². The number of nitrogens with zero attached hydrogens (tertiary/aromatic N) is 1. The summed E-state index contributed by atoms with van der Waals surface area (Å²) in [6.07, 6.45) is -8.16. The van der Waals surface area contributed by atoms with Gasteiger partial charge in [0.15, 0.2) is 0 Å². The van der Waals surface area contributed by atoms with Gasteiger partial charge in [-0.2, -0.15) is 17.6 Å². The predicted octanol–water partition coefficient (Wildman–Crippen LogP) is 2.67. The average molecular weight is 373 g/mol. The van der Waals surface area contributed by atoms with Gasteiger partial charge in [0, 0.05) is 44.4 Å². The van der Waals surface area contributed by atoms with Crippen molar-refractivity contribution in [3.05, 3.63) is 29.8 Å². The molecule has 1 aromatic rings. The Morgan fingerprint density at radius 2 is 1.83 bits per heavy atom. The number of hydrogen-bond donors (Lipinski definition) is 2. The van der Waals surface area contributed by atoms with Crippen LogP contribution in [0.3, 0.4) is 0 Å². The number of aliphatic hydroxyl groups excluding tert-OH is 1. The highest BCUT2D eigenvalue weighted by molar-refractivity contribution is 5.85. The number of benzene rings is 1. The molecule has 2 rings (SSSR count). The standard InChI is InChI=1S/C15H20F4N2O2.ClH/c16-14(17)15(18,19)23-13-4-2-1-3-11(13)12(5-10-22)21-8-6-20-7-9-21;/h1-4,12,14,20,22H,5-10H2;1H/t12-;/m1./s1. The van der Waals surface area contributed by atoms with Crippen LogP contribution in [-0.4, -0.2) is 55.3 Å². The fourth-order valence-corrected chi connectivity index (χ4v) is 2.69. The fraction of sp³-hybridized carbons (Fsp3) is 0.600. The number of piperazine rings is 1. The first-order valence-electron chi connectivity index (χ1n) is 7.45. The summed E-state index contributed by atoms with van der Waals surface area (Å²) in [5.74, 6) is -0.283. The molecule has 0 saturated carbocycles. The van der Waals surface area contributed by atoms with Crippen LogP contribution in [0.1, 0.15) is 18.0 Å². The summed E-state index contributed by atoms with van der Waals surface area (Å²) in [6.45, 7) is 2.67. The zero-order chi connectivity index (χ0) is 16.9. The molecule has 1 saturated heterocycles. The number of rotatable bonds is 7. The molecule has 9 heteroatoms. The Morgan fingerprint density at radius 1 is 1.21 bits per heavy atom. The lowest BCUT2D eigenvalue weighted by Crippen LogP contribution is -2.45. The molecule has 24 heavy (non-hydrogen) atoms. The SMILES string of the molecule is Cl.OCC[C@H](c1ccccc1OC(F)(F)C(F)F)N1CCNCC1. The molecule has 0 amide bonds. The van der Waals surface area contributed by atoms with Crippen LogP contribution in [0.25, 0.3) is 0 Å². The van der Waals surface area contributed by atoms with Crippen molar-refractivity contribution in [2.45, 2.75) is 25.0 Å². The maximum Gasteiger partial charge on any atom is 0.461 e. The Balaban J connectivity index is 0.00000288. The molecule has 1 heterocycles. The molecule has 0 bridgehead atoms. The Labute approximate surface area is 144 Å². The first-order valence-corrected chi connectivity index (χ1v) is 7.45. The number of halogens is 5. The second-order valence-corrected chi connectivity index (χ2v) is 5.32. The molecule has 0 aromatic heterocycles. The summed E-state index contributed by atoms with van der Waals surface area (Å²) in [5, 5.41) is 12.5. The van der Waals surface area contributed by atoms with Crippen molar-refractivity contribution in [3.63, 3.8) is 0 Å². The molecule has 0 spiro atoms. The van der Waals surface area contributed by atoms with Crippen molar-refractivity contribution < 1.29 is 27.4 Å². The van der Waals surface area contributed by atoms with Crippen molar-refractivity contribution in [2.75, 3.05) is 32.8 Å². The van der Waals surface area contributed by atoms with Crippen molar-refractivity contribution in [3.8, 4) is 5.75 Å². The Hall–Kier alpha value is -1.09. The lowest BCUT2D eigenvalue weighted by Gasteiger charge is -2.36. The summed E-state index contributed by atoms with van der Waals surface area (Å²) in [7, 11) is 0. The van der Waals surface area contributed by atoms with Crippen molar-refractivity contribution in [2.24, 2.45) is 0 Å². The highest BCUT2D eigenvalue weighted by Gasteiger charge is 2.44. The fourth-order valence-electron chi connectivity index (χ4n) is 2.69. The van der Waals surface area contributed by atoms with Gasteiger partial charge in [-0.3, -0.25) is 4.90 Å². The monoisotopic (exact) mass is 372 g/mol. The molecule has 0 unspecified atom stereocenters. The summed E-state index contributed by atoms with van der Waals surface area (Å²) < 4.78 is 55.6. The van der Waals surface area contributed by atoms with E-state index in [4.69, 9.17) is 0 Å². The van der Waals surface area contributed by atoms with Gasteiger partial charge in [0.2, 0.25) is 0 Å². The van der Waals surface area contributed by atoms with E-state index < -0.39 is 12.5 Å². The lowest BCUT2D eigenvalue weighted by atomic mass is 10.0. The smallest absolute Gasteiger partial charge is 0.428 e. The predicted molar refractivity (Wildman–Crippen MR) is 84.2 cm³/mol. The molecule has 1 aromatic carbocycles. The zero-order valence-electron chi connectivity index (χ0n) is 12.9. The quantitative estimate of drug-likeness (QED) is 0.722. The number of nitrogens with one attached hydrogen (secondary N) is 1. The van der Waals surface area contributed by atoms with E-state index in [0.29, 0.717) is 25.1 Å². The largest absolute Gasteiger partial charge is 0.461 e. The van der Waals surface area contributed by atoms with E-state index in [-0.39, 0.29) is 30.8 Å². The number of alkyl halides is 4. The van der Waals surface area contributed by atoms with Gasteiger partial charge >= 0.3 is 12.5 Å². The third kappa shape index (κ3) is 5.20. The normalized spacial score (nSPS) is 17.4. The van der Waals surface area contributed by atoms with Crippen LogP contribution in [0.2, 0.25) is 0 Å². The number of para-hydroxylation sites is 1. The molecule has 1 fully saturated rings. The first kappa shape index (κ1) is 21.0. The van der Waals surface area contributed by atoms with Gasteiger partial charge in [0.25, 0.3) is 0 Å². The van der Waals surface area contributed by atoms with Crippen LogP contribution in [0.4, 0.5) is 17.6 Å². The zero-order valence-corrected chi connectivity index (χ0v) is 13.7. The average Bonchev–Trinajstić information content (AvgIpc) is 2.54. The van der Waals surface area contributed by atoms with Gasteiger partial charge in [-0.25, -0.2) is 0 Å². The van der Waals surface area contributed by atoms with Gasteiger partial charge in [-0.15, -0.1) is 12.4 Å². The van der Waals surface area contributed by atoms with Crippen LogP contribution in [0.5, 0.6) is 5.75 Å². The van der Waals surface area contributed by atoms with Crippen LogP contribution in [0.15, 0.2) is 24.3 Å². The van der Waals surface area contributed by atoms with E-state index in [1.165, 1.54) is 12.1 Å². The van der Waals surface area contributed by atoms with Crippen molar-refractivity contribution in [1.29, 1.82) is 0 Å². The topological polar surface area (TPSA) is 44.7 Å². The molecule has 1 atom stereocenters. The van der Waals surface area contributed by atoms with E-state index in [0.717, 1.165) is 13.1 Å². The Kier molecular flexibility index (Phi) is 8.21. The molecule has 138 valence electrons. The minimum atomic E-state index is -4.55. The van der Waals surface area contributed by atoms with Crippen LogP contribution in [-0.2, 0) is 0 Å². The minimum absolute atomic E-state index is 0. The van der Waals surface area contributed by atoms with Crippen LogP contribution >= 0.6 is 12.4 Å². The van der Waals surface area contributed by atoms with Crippen molar-refractivity contribution >= 4 is 12.4 Å². The minimum Gasteiger partial charge on any atom is -0.428 e. The van der Waals surface area contributed by atoms with Gasteiger partial charge < -0.3 is 15.2 Å². The van der Waals surface area contributed by atoms with Gasteiger partial charge in [0.1, 0.15) is 5.75 Å². The Morgan fingerprint density at radius 3 is 2.42 bits per heavy atom. The third-order valence-corrected chi connectivity index (χ3v) is 3.77. The first-order chi connectivity index (χ1) is 11.0. The van der Waals surface area contributed by atoms with E-state index >= 15 is 0 Å². The molecule has 1 aliphatic rings. The maximum atomic E-state index is 13.3. The summed E-state index contributed by atoms with van der Waals surface area (Å²) >= 11 is 0. The van der Waals surface area contributed by atoms with Gasteiger partial charge in [-0.05, 0) is 12.5 Å². The second-order valence-electron chi connectivity index (χ2n) is 5.32. The number of ether oxygens (including phenoxy) is 1. The molecular weight excluding hydrogens is 352 g/mol. The van der Waals surface area contributed by atoms with Crippen molar-refractivity contribution in [1.82, 2.24) is 10.2 Å². The van der Waals surface area contributed by atoms with E-state index in [1.807, 2.05) is 4.90 Å². The highest BCUT2D eigenvalue weighted by Crippen LogP contribution is 2.36. The number of aliphatic hydroxyl groups is 1. The third-order valence-electron chi connectivity index (χ3n) is 3.77. The van der Waals surface area contributed by atoms with Gasteiger partial charge in [0.05, 0.1) is 0 Å². The van der Waals surface area contributed by atoms with Crippen LogP contribution in [0, 0.1) is 0 Å². The molecule has 1 aliphatic heterocycles. The van der Waals surface area contributed by atoms with E-state index in [9.17, 15) is 22.7 Å². The summed E-state index contributed by atoms with van der Waals surface area (Å²) in [6, 6.07) is 5.53. The maximum absolute atomic E-state index is 13.3. The summed E-state index contributed by atoms with van der Waals surface area (Å²) in [4.78, 5) is 2.02. The van der Waals surface area contributed by atoms with Crippen LogP contribution < -0.4 is 10.1 Å². The summed E-state index contributed by atoms with van der Waals surface area (Å²) in [5.41, 5.74) is 0.378.